The number of anilines is 1. The van der Waals surface area contributed by atoms with Crippen molar-refractivity contribution in [2.24, 2.45) is 0 Å². The molecule has 2 heterocycles. The molecule has 0 radical (unpaired) electrons. The Bertz CT molecular complexity index is 616. The van der Waals surface area contributed by atoms with Crippen molar-refractivity contribution in [1.82, 2.24) is 9.97 Å². The van der Waals surface area contributed by atoms with Crippen LogP contribution in [0.5, 0.6) is 5.75 Å². The van der Waals surface area contributed by atoms with Crippen LogP contribution in [0, 0.1) is 17.0 Å². The highest BCUT2D eigenvalue weighted by Crippen LogP contribution is 2.25. The lowest BCUT2D eigenvalue weighted by Gasteiger charge is -2.06. The van der Waals surface area contributed by atoms with Gasteiger partial charge in [-0.15, -0.1) is 0 Å². The molecule has 0 bridgehead atoms. The molecule has 2 aromatic heterocycles. The molecule has 0 aromatic carbocycles. The molecule has 0 saturated heterocycles. The highest BCUT2D eigenvalue weighted by atomic mass is 16.6. The Kier molecular flexibility index (Phi) is 3.56. The smallest absolute Gasteiger partial charge is 0.406 e. The molecule has 2 rings (SSSR count). The standard InChI is InChI=1S/C12H12N4O3/c1-8-2-3-10(12(15-8)16(17)18)19-7-9-4-5-14-11(13)6-9/h2-6H,7H2,1H3,(H2,13,14). The SMILES string of the molecule is Cc1ccc(OCc2ccnc(N)c2)c([N+](=O)[O-])n1. The molecule has 7 nitrogen and oxygen atoms in total. The van der Waals surface area contributed by atoms with Crippen molar-refractivity contribution in [2.45, 2.75) is 13.5 Å². The number of nitrogens with zero attached hydrogens (tertiary/aromatic N) is 3. The zero-order valence-corrected chi connectivity index (χ0v) is 10.2. The van der Waals surface area contributed by atoms with Gasteiger partial charge in [-0.1, -0.05) is 0 Å². The summed E-state index contributed by atoms with van der Waals surface area (Å²) < 4.78 is 5.41. The van der Waals surface area contributed by atoms with Gasteiger partial charge in [-0.2, -0.15) is 0 Å². The van der Waals surface area contributed by atoms with Gasteiger partial charge in [0.25, 0.3) is 0 Å². The maximum absolute atomic E-state index is 10.9. The number of hydrogen-bond donors (Lipinski definition) is 1. The summed E-state index contributed by atoms with van der Waals surface area (Å²) in [4.78, 5) is 18.0. The fourth-order valence-electron chi connectivity index (χ4n) is 1.52. The summed E-state index contributed by atoms with van der Waals surface area (Å²) in [7, 11) is 0. The van der Waals surface area contributed by atoms with Crippen LogP contribution < -0.4 is 10.5 Å². The van der Waals surface area contributed by atoms with Crippen molar-refractivity contribution < 1.29 is 9.66 Å². The predicted octanol–water partition coefficient (Wildman–Crippen LogP) is 1.85. The van der Waals surface area contributed by atoms with Crippen molar-refractivity contribution in [2.75, 3.05) is 5.73 Å². The lowest BCUT2D eigenvalue weighted by Crippen LogP contribution is -2.02. The van der Waals surface area contributed by atoms with Crippen molar-refractivity contribution in [3.63, 3.8) is 0 Å². The molecule has 19 heavy (non-hydrogen) atoms. The van der Waals surface area contributed by atoms with E-state index in [9.17, 15) is 10.1 Å². The molecule has 0 atom stereocenters. The van der Waals surface area contributed by atoms with Gasteiger partial charge in [0.05, 0.1) is 0 Å². The minimum Gasteiger partial charge on any atom is -0.481 e. The summed E-state index contributed by atoms with van der Waals surface area (Å²) in [5.74, 6) is 0.214. The van der Waals surface area contributed by atoms with E-state index >= 15 is 0 Å². The molecule has 0 spiro atoms. The van der Waals surface area contributed by atoms with Gasteiger partial charge in [-0.3, -0.25) is 0 Å². The molecular formula is C12H12N4O3. The molecule has 0 unspecified atom stereocenters. The van der Waals surface area contributed by atoms with Crippen molar-refractivity contribution in [3.8, 4) is 5.75 Å². The second kappa shape index (κ2) is 5.30. The number of ether oxygens (including phenoxy) is 1. The number of nitrogen functional groups attached to an aromatic ring is 1. The summed E-state index contributed by atoms with van der Waals surface area (Å²) >= 11 is 0. The van der Waals surface area contributed by atoms with E-state index in [1.807, 2.05) is 0 Å². The number of nitro groups is 1. The van der Waals surface area contributed by atoms with E-state index in [1.165, 1.54) is 6.07 Å². The molecule has 0 aliphatic rings. The molecule has 0 aliphatic carbocycles. The molecule has 0 aliphatic heterocycles. The van der Waals surface area contributed by atoms with E-state index in [-0.39, 0.29) is 18.2 Å². The van der Waals surface area contributed by atoms with Gasteiger partial charge in [0, 0.05) is 13.1 Å². The van der Waals surface area contributed by atoms with Gasteiger partial charge >= 0.3 is 5.82 Å². The number of aryl methyl sites for hydroxylation is 1. The molecule has 7 heteroatoms. The molecule has 0 amide bonds. The number of hydrogen-bond acceptors (Lipinski definition) is 6. The van der Waals surface area contributed by atoms with Crippen LogP contribution in [0.1, 0.15) is 11.3 Å². The average molecular weight is 260 g/mol. The van der Waals surface area contributed by atoms with Crippen LogP contribution in [0.4, 0.5) is 11.6 Å². The van der Waals surface area contributed by atoms with E-state index in [0.717, 1.165) is 5.56 Å². The average Bonchev–Trinajstić information content (AvgIpc) is 2.37. The molecule has 98 valence electrons. The minimum absolute atomic E-state index is 0.131. The van der Waals surface area contributed by atoms with E-state index in [4.69, 9.17) is 10.5 Å². The van der Waals surface area contributed by atoms with Crippen molar-refractivity contribution >= 4 is 11.6 Å². The quantitative estimate of drug-likeness (QED) is 0.664. The normalized spacial score (nSPS) is 10.2. The van der Waals surface area contributed by atoms with Gasteiger partial charge in [0.1, 0.15) is 18.1 Å². The number of rotatable bonds is 4. The van der Waals surface area contributed by atoms with Gasteiger partial charge in [-0.25, -0.2) is 4.98 Å². The zero-order valence-electron chi connectivity index (χ0n) is 10.2. The number of aromatic nitrogens is 2. The topological polar surface area (TPSA) is 104 Å². The summed E-state index contributed by atoms with van der Waals surface area (Å²) in [6.07, 6.45) is 1.55. The van der Waals surface area contributed by atoms with Gasteiger partial charge in [0.2, 0.25) is 5.75 Å². The Balaban J connectivity index is 2.17. The minimum atomic E-state index is -0.566. The Morgan fingerprint density at radius 3 is 2.89 bits per heavy atom. The van der Waals surface area contributed by atoms with Crippen LogP contribution in [0.3, 0.4) is 0 Å². The second-order valence-electron chi connectivity index (χ2n) is 3.91. The first-order chi connectivity index (χ1) is 9.06. The molecule has 0 saturated carbocycles. The third-order valence-corrected chi connectivity index (χ3v) is 2.39. The van der Waals surface area contributed by atoms with E-state index in [0.29, 0.717) is 11.5 Å². The fourth-order valence-corrected chi connectivity index (χ4v) is 1.52. The van der Waals surface area contributed by atoms with E-state index < -0.39 is 4.92 Å². The van der Waals surface area contributed by atoms with Crippen molar-refractivity contribution in [1.29, 1.82) is 0 Å². The Labute approximate surface area is 109 Å². The maximum atomic E-state index is 10.9. The van der Waals surface area contributed by atoms with Crippen molar-refractivity contribution in [3.05, 3.63) is 51.8 Å². The van der Waals surface area contributed by atoms with Gasteiger partial charge in [0.15, 0.2) is 0 Å². The molecule has 2 aromatic rings. The maximum Gasteiger partial charge on any atom is 0.406 e. The Morgan fingerprint density at radius 1 is 1.42 bits per heavy atom. The zero-order chi connectivity index (χ0) is 13.8. The summed E-state index contributed by atoms with van der Waals surface area (Å²) in [6, 6.07) is 6.56. The van der Waals surface area contributed by atoms with Crippen LogP contribution in [0.2, 0.25) is 0 Å². The lowest BCUT2D eigenvalue weighted by molar-refractivity contribution is -0.390. The van der Waals surface area contributed by atoms with Crippen LogP contribution in [0.25, 0.3) is 0 Å². The van der Waals surface area contributed by atoms with Crippen LogP contribution in [-0.2, 0) is 6.61 Å². The van der Waals surface area contributed by atoms with Crippen LogP contribution >= 0.6 is 0 Å². The third kappa shape index (κ3) is 3.15. The monoisotopic (exact) mass is 260 g/mol. The molecule has 0 fully saturated rings. The molecular weight excluding hydrogens is 248 g/mol. The summed E-state index contributed by atoms with van der Waals surface area (Å²) in [5.41, 5.74) is 6.88. The third-order valence-electron chi connectivity index (χ3n) is 2.39. The Morgan fingerprint density at radius 2 is 2.21 bits per heavy atom. The van der Waals surface area contributed by atoms with E-state index in [2.05, 4.69) is 9.97 Å². The fraction of sp³-hybridized carbons (Fsp3) is 0.167. The molecule has 2 N–H and O–H groups in total. The summed E-state index contributed by atoms with van der Waals surface area (Å²) in [5, 5.41) is 10.9. The number of pyridine rings is 2. The Hall–Kier alpha value is -2.70. The van der Waals surface area contributed by atoms with Crippen LogP contribution in [0.15, 0.2) is 30.5 Å². The van der Waals surface area contributed by atoms with Crippen LogP contribution in [-0.4, -0.2) is 14.9 Å². The van der Waals surface area contributed by atoms with Gasteiger partial charge in [-0.05, 0) is 39.7 Å². The first-order valence-electron chi connectivity index (χ1n) is 5.51. The van der Waals surface area contributed by atoms with Gasteiger partial charge < -0.3 is 20.6 Å². The second-order valence-corrected chi connectivity index (χ2v) is 3.91. The largest absolute Gasteiger partial charge is 0.481 e. The number of nitrogens with two attached hydrogens (primary N) is 1. The van der Waals surface area contributed by atoms with E-state index in [1.54, 1.807) is 31.3 Å². The highest BCUT2D eigenvalue weighted by Gasteiger charge is 2.17. The summed E-state index contributed by atoms with van der Waals surface area (Å²) in [6.45, 7) is 1.85. The first kappa shape index (κ1) is 12.7. The lowest BCUT2D eigenvalue weighted by atomic mass is 10.3. The predicted molar refractivity (Wildman–Crippen MR) is 68.6 cm³/mol. The first-order valence-corrected chi connectivity index (χ1v) is 5.51. The highest BCUT2D eigenvalue weighted by molar-refractivity contribution is 5.40.